The summed E-state index contributed by atoms with van der Waals surface area (Å²) in [6.45, 7) is 2.36. The van der Waals surface area contributed by atoms with Crippen LogP contribution in [0.2, 0.25) is 5.02 Å². The van der Waals surface area contributed by atoms with Crippen LogP contribution in [0.4, 0.5) is 0 Å². The molecule has 1 aromatic carbocycles. The molecule has 0 bridgehead atoms. The second-order valence-corrected chi connectivity index (χ2v) is 3.92. The fourth-order valence-electron chi connectivity index (χ4n) is 1.29. The number of rotatable bonds is 4. The number of nitrogens with zero attached hydrogens (tertiary/aromatic N) is 2. The molecule has 1 aromatic heterocycles. The summed E-state index contributed by atoms with van der Waals surface area (Å²) in [6, 6.07) is 5.54. The summed E-state index contributed by atoms with van der Waals surface area (Å²) in [5.41, 5.74) is 6.42. The van der Waals surface area contributed by atoms with Gasteiger partial charge in [0.15, 0.2) is 6.61 Å². The highest BCUT2D eigenvalue weighted by Crippen LogP contribution is 2.25. The molecule has 0 spiro atoms. The maximum absolute atomic E-state index is 5.98. The molecule has 0 atom stereocenters. The van der Waals surface area contributed by atoms with Gasteiger partial charge in [0, 0.05) is 0 Å². The van der Waals surface area contributed by atoms with Gasteiger partial charge in [-0.25, -0.2) is 0 Å². The molecule has 0 aliphatic heterocycles. The molecule has 0 aliphatic rings. The van der Waals surface area contributed by atoms with Gasteiger partial charge in [0.1, 0.15) is 5.75 Å². The van der Waals surface area contributed by atoms with E-state index >= 15 is 0 Å². The Kier molecular flexibility index (Phi) is 3.61. The Balaban J connectivity index is 2.04. The largest absolute Gasteiger partial charge is 0.482 e. The van der Waals surface area contributed by atoms with Crippen molar-refractivity contribution in [2.45, 2.75) is 20.1 Å². The molecule has 6 heteroatoms. The third-order valence-corrected chi connectivity index (χ3v) is 2.43. The van der Waals surface area contributed by atoms with Crippen molar-refractivity contribution in [2.75, 3.05) is 0 Å². The maximum atomic E-state index is 5.98. The molecule has 0 saturated heterocycles. The Morgan fingerprint density at radius 3 is 2.82 bits per heavy atom. The quantitative estimate of drug-likeness (QED) is 0.903. The van der Waals surface area contributed by atoms with Gasteiger partial charge in [-0.3, -0.25) is 0 Å². The summed E-state index contributed by atoms with van der Waals surface area (Å²) in [5, 5.41) is 8.07. The standard InChI is InChI=1S/C11H12ClN3O2/c1-7-2-3-8(12)9(4-7)16-6-11-15-14-10(5-13)17-11/h2-4H,5-6,13H2,1H3. The Hall–Kier alpha value is -1.59. The molecule has 0 radical (unpaired) electrons. The number of benzene rings is 1. The van der Waals surface area contributed by atoms with Crippen LogP contribution in [-0.2, 0) is 13.2 Å². The molecule has 0 fully saturated rings. The molecule has 17 heavy (non-hydrogen) atoms. The summed E-state index contributed by atoms with van der Waals surface area (Å²) in [4.78, 5) is 0. The number of ether oxygens (including phenoxy) is 1. The van der Waals surface area contributed by atoms with Crippen LogP contribution in [0.1, 0.15) is 17.3 Å². The molecular formula is C11H12ClN3O2. The topological polar surface area (TPSA) is 74.2 Å². The number of halogens is 1. The molecule has 2 rings (SSSR count). The lowest BCUT2D eigenvalue weighted by molar-refractivity contribution is 0.259. The first-order valence-corrected chi connectivity index (χ1v) is 5.47. The Morgan fingerprint density at radius 2 is 2.12 bits per heavy atom. The summed E-state index contributed by atoms with van der Waals surface area (Å²) in [6.07, 6.45) is 0. The average Bonchev–Trinajstić information content (AvgIpc) is 2.78. The zero-order valence-corrected chi connectivity index (χ0v) is 10.1. The minimum Gasteiger partial charge on any atom is -0.482 e. The molecule has 5 nitrogen and oxygen atoms in total. The van der Waals surface area contributed by atoms with Gasteiger partial charge >= 0.3 is 0 Å². The summed E-state index contributed by atoms with van der Waals surface area (Å²) in [5.74, 6) is 1.36. The van der Waals surface area contributed by atoms with E-state index in [0.717, 1.165) is 5.56 Å². The van der Waals surface area contributed by atoms with E-state index in [4.69, 9.17) is 26.5 Å². The molecule has 0 amide bonds. The molecule has 90 valence electrons. The number of aromatic nitrogens is 2. The summed E-state index contributed by atoms with van der Waals surface area (Å²) < 4.78 is 10.7. The van der Waals surface area contributed by atoms with Crippen LogP contribution >= 0.6 is 11.6 Å². The Bertz CT molecular complexity index is 513. The Labute approximate surface area is 104 Å². The third-order valence-electron chi connectivity index (χ3n) is 2.12. The minimum atomic E-state index is 0.177. The van der Waals surface area contributed by atoms with Gasteiger partial charge in [0.25, 0.3) is 5.89 Å². The van der Waals surface area contributed by atoms with Gasteiger partial charge in [-0.15, -0.1) is 10.2 Å². The fraction of sp³-hybridized carbons (Fsp3) is 0.273. The molecular weight excluding hydrogens is 242 g/mol. The van der Waals surface area contributed by atoms with Crippen molar-refractivity contribution in [3.8, 4) is 5.75 Å². The maximum Gasteiger partial charge on any atom is 0.253 e. The highest BCUT2D eigenvalue weighted by atomic mass is 35.5. The number of nitrogens with two attached hydrogens (primary N) is 1. The van der Waals surface area contributed by atoms with Gasteiger partial charge in [0.05, 0.1) is 11.6 Å². The summed E-state index contributed by atoms with van der Waals surface area (Å²) in [7, 11) is 0. The lowest BCUT2D eigenvalue weighted by Crippen LogP contribution is -1.97. The average molecular weight is 254 g/mol. The molecule has 0 unspecified atom stereocenters. The van der Waals surface area contributed by atoms with E-state index < -0.39 is 0 Å². The molecule has 2 N–H and O–H groups in total. The lowest BCUT2D eigenvalue weighted by atomic mass is 10.2. The fourth-order valence-corrected chi connectivity index (χ4v) is 1.46. The van der Waals surface area contributed by atoms with Crippen molar-refractivity contribution < 1.29 is 9.15 Å². The minimum absolute atomic E-state index is 0.177. The molecule has 2 aromatic rings. The molecule has 0 saturated carbocycles. The zero-order valence-electron chi connectivity index (χ0n) is 9.31. The third kappa shape index (κ3) is 2.95. The van der Waals surface area contributed by atoms with E-state index in [2.05, 4.69) is 10.2 Å². The van der Waals surface area contributed by atoms with Crippen LogP contribution in [0.3, 0.4) is 0 Å². The first-order valence-electron chi connectivity index (χ1n) is 5.09. The normalized spacial score (nSPS) is 10.5. The van der Waals surface area contributed by atoms with Gasteiger partial charge in [-0.1, -0.05) is 17.7 Å². The molecule has 0 aliphatic carbocycles. The SMILES string of the molecule is Cc1ccc(Cl)c(OCc2nnc(CN)o2)c1. The summed E-state index contributed by atoms with van der Waals surface area (Å²) >= 11 is 5.98. The van der Waals surface area contributed by atoms with Crippen LogP contribution in [0.25, 0.3) is 0 Å². The van der Waals surface area contributed by atoms with E-state index in [0.29, 0.717) is 22.6 Å². The monoisotopic (exact) mass is 253 g/mol. The predicted molar refractivity (Wildman–Crippen MR) is 62.7 cm³/mol. The van der Waals surface area contributed by atoms with E-state index in [1.165, 1.54) is 0 Å². The Morgan fingerprint density at radius 1 is 1.35 bits per heavy atom. The van der Waals surface area contributed by atoms with Crippen LogP contribution < -0.4 is 10.5 Å². The van der Waals surface area contributed by atoms with Gasteiger partial charge in [-0.2, -0.15) is 0 Å². The van der Waals surface area contributed by atoms with Crippen molar-refractivity contribution in [3.05, 3.63) is 40.6 Å². The van der Waals surface area contributed by atoms with Crippen molar-refractivity contribution in [1.29, 1.82) is 0 Å². The van der Waals surface area contributed by atoms with E-state index in [1.54, 1.807) is 6.07 Å². The van der Waals surface area contributed by atoms with Crippen molar-refractivity contribution in [1.82, 2.24) is 10.2 Å². The van der Waals surface area contributed by atoms with Crippen molar-refractivity contribution in [2.24, 2.45) is 5.73 Å². The zero-order chi connectivity index (χ0) is 12.3. The van der Waals surface area contributed by atoms with Crippen molar-refractivity contribution in [3.63, 3.8) is 0 Å². The van der Waals surface area contributed by atoms with Gasteiger partial charge < -0.3 is 14.9 Å². The van der Waals surface area contributed by atoms with Crippen molar-refractivity contribution >= 4 is 11.6 Å². The number of hydrogen-bond donors (Lipinski definition) is 1. The van der Waals surface area contributed by atoms with E-state index in [9.17, 15) is 0 Å². The second kappa shape index (κ2) is 5.16. The molecule has 1 heterocycles. The highest BCUT2D eigenvalue weighted by molar-refractivity contribution is 6.32. The smallest absolute Gasteiger partial charge is 0.253 e. The van der Waals surface area contributed by atoms with E-state index in [-0.39, 0.29) is 13.2 Å². The number of aryl methyl sites for hydroxylation is 1. The lowest BCUT2D eigenvalue weighted by Gasteiger charge is -2.06. The van der Waals surface area contributed by atoms with Crippen LogP contribution in [-0.4, -0.2) is 10.2 Å². The number of hydrogen-bond acceptors (Lipinski definition) is 5. The van der Waals surface area contributed by atoms with Crippen LogP contribution in [0.5, 0.6) is 5.75 Å². The van der Waals surface area contributed by atoms with Crippen LogP contribution in [0.15, 0.2) is 22.6 Å². The first-order chi connectivity index (χ1) is 8.19. The highest BCUT2D eigenvalue weighted by Gasteiger charge is 2.07. The van der Waals surface area contributed by atoms with Crippen LogP contribution in [0, 0.1) is 6.92 Å². The van der Waals surface area contributed by atoms with E-state index in [1.807, 2.05) is 19.1 Å². The predicted octanol–water partition coefficient (Wildman–Crippen LogP) is 2.07. The van der Waals surface area contributed by atoms with Gasteiger partial charge in [-0.05, 0) is 24.6 Å². The second-order valence-electron chi connectivity index (χ2n) is 3.52. The first kappa shape index (κ1) is 11.9. The van der Waals surface area contributed by atoms with Gasteiger partial charge in [0.2, 0.25) is 5.89 Å².